The molecule has 92 valence electrons. The molecule has 1 atom stereocenters. The normalized spacial score (nSPS) is 12.6. The van der Waals surface area contributed by atoms with E-state index < -0.39 is 0 Å². The van der Waals surface area contributed by atoms with E-state index in [0.717, 1.165) is 35.3 Å². The summed E-state index contributed by atoms with van der Waals surface area (Å²) in [5.74, 6) is 2.77. The SMILES string of the molecule is CCCc1nsc(NC(C)c2ccc(C)o2)n1. The highest BCUT2D eigenvalue weighted by Gasteiger charge is 2.11. The zero-order chi connectivity index (χ0) is 12.3. The predicted molar refractivity (Wildman–Crippen MR) is 69.4 cm³/mol. The van der Waals surface area contributed by atoms with Gasteiger partial charge in [0.2, 0.25) is 5.13 Å². The van der Waals surface area contributed by atoms with Crippen LogP contribution in [0.5, 0.6) is 0 Å². The second-order valence-electron chi connectivity index (χ2n) is 4.08. The number of hydrogen-bond acceptors (Lipinski definition) is 5. The first-order chi connectivity index (χ1) is 8.19. The maximum Gasteiger partial charge on any atom is 0.203 e. The quantitative estimate of drug-likeness (QED) is 0.882. The van der Waals surface area contributed by atoms with Gasteiger partial charge in [-0.15, -0.1) is 0 Å². The van der Waals surface area contributed by atoms with E-state index in [9.17, 15) is 0 Å². The lowest BCUT2D eigenvalue weighted by Crippen LogP contribution is -2.05. The molecule has 0 radical (unpaired) electrons. The van der Waals surface area contributed by atoms with Crippen LogP contribution in [0, 0.1) is 6.92 Å². The van der Waals surface area contributed by atoms with Crippen LogP contribution >= 0.6 is 11.5 Å². The minimum absolute atomic E-state index is 0.117. The van der Waals surface area contributed by atoms with Gasteiger partial charge in [0.1, 0.15) is 17.3 Å². The van der Waals surface area contributed by atoms with Crippen molar-refractivity contribution in [3.05, 3.63) is 29.5 Å². The topological polar surface area (TPSA) is 51.0 Å². The Hall–Kier alpha value is -1.36. The third-order valence-corrected chi connectivity index (χ3v) is 3.15. The molecule has 1 N–H and O–H groups in total. The molecule has 0 spiro atoms. The van der Waals surface area contributed by atoms with Gasteiger partial charge in [-0.1, -0.05) is 6.92 Å². The van der Waals surface area contributed by atoms with E-state index in [4.69, 9.17) is 4.42 Å². The fraction of sp³-hybridized carbons (Fsp3) is 0.500. The van der Waals surface area contributed by atoms with Crippen molar-refractivity contribution < 1.29 is 4.42 Å². The van der Waals surface area contributed by atoms with Crippen LogP contribution in [-0.2, 0) is 6.42 Å². The summed E-state index contributed by atoms with van der Waals surface area (Å²) in [4.78, 5) is 4.43. The molecule has 17 heavy (non-hydrogen) atoms. The Bertz CT molecular complexity index is 478. The molecule has 0 fully saturated rings. The van der Waals surface area contributed by atoms with E-state index in [-0.39, 0.29) is 6.04 Å². The van der Waals surface area contributed by atoms with E-state index in [1.807, 2.05) is 19.1 Å². The van der Waals surface area contributed by atoms with E-state index in [1.54, 1.807) is 0 Å². The van der Waals surface area contributed by atoms with Gasteiger partial charge in [0.25, 0.3) is 0 Å². The molecule has 0 amide bonds. The molecule has 0 aliphatic heterocycles. The van der Waals surface area contributed by atoms with Crippen molar-refractivity contribution in [1.82, 2.24) is 9.36 Å². The Labute approximate surface area is 105 Å². The van der Waals surface area contributed by atoms with E-state index >= 15 is 0 Å². The van der Waals surface area contributed by atoms with Crippen molar-refractivity contribution in [2.75, 3.05) is 5.32 Å². The molecule has 0 saturated heterocycles. The van der Waals surface area contributed by atoms with Gasteiger partial charge in [-0.25, -0.2) is 4.98 Å². The molecule has 0 aliphatic rings. The summed E-state index contributed by atoms with van der Waals surface area (Å²) in [5.41, 5.74) is 0. The highest BCUT2D eigenvalue weighted by molar-refractivity contribution is 7.09. The Morgan fingerprint density at radius 3 is 2.94 bits per heavy atom. The highest BCUT2D eigenvalue weighted by Crippen LogP contribution is 2.22. The fourth-order valence-electron chi connectivity index (χ4n) is 1.58. The molecule has 0 aliphatic carbocycles. The summed E-state index contributed by atoms with van der Waals surface area (Å²) in [5, 5.41) is 4.16. The van der Waals surface area contributed by atoms with Crippen LogP contribution in [0.3, 0.4) is 0 Å². The molecule has 0 bridgehead atoms. The smallest absolute Gasteiger partial charge is 0.203 e. The summed E-state index contributed by atoms with van der Waals surface area (Å²) in [6.45, 7) is 6.13. The van der Waals surface area contributed by atoms with E-state index in [1.165, 1.54) is 11.5 Å². The Morgan fingerprint density at radius 2 is 2.29 bits per heavy atom. The second-order valence-corrected chi connectivity index (χ2v) is 4.83. The lowest BCUT2D eigenvalue weighted by Gasteiger charge is -2.08. The summed E-state index contributed by atoms with van der Waals surface area (Å²) in [7, 11) is 0. The third-order valence-electron chi connectivity index (χ3n) is 2.47. The summed E-state index contributed by atoms with van der Waals surface area (Å²) in [6.07, 6.45) is 2.01. The fourth-order valence-corrected chi connectivity index (χ4v) is 2.28. The number of nitrogens with zero attached hydrogens (tertiary/aromatic N) is 2. The van der Waals surface area contributed by atoms with E-state index in [0.29, 0.717) is 0 Å². The van der Waals surface area contributed by atoms with Crippen LogP contribution in [0.15, 0.2) is 16.5 Å². The van der Waals surface area contributed by atoms with Crippen molar-refractivity contribution in [2.24, 2.45) is 0 Å². The zero-order valence-corrected chi connectivity index (χ0v) is 11.2. The Kier molecular flexibility index (Phi) is 3.78. The molecular weight excluding hydrogens is 234 g/mol. The monoisotopic (exact) mass is 251 g/mol. The highest BCUT2D eigenvalue weighted by atomic mass is 32.1. The maximum atomic E-state index is 5.57. The Balaban J connectivity index is 1.99. The van der Waals surface area contributed by atoms with Gasteiger partial charge < -0.3 is 9.73 Å². The number of anilines is 1. The number of furan rings is 1. The number of aromatic nitrogens is 2. The van der Waals surface area contributed by atoms with Crippen LogP contribution < -0.4 is 5.32 Å². The molecule has 2 rings (SSSR count). The van der Waals surface area contributed by atoms with Crippen LogP contribution in [0.2, 0.25) is 0 Å². The summed E-state index contributed by atoms with van der Waals surface area (Å²) in [6, 6.07) is 4.07. The minimum atomic E-state index is 0.117. The third kappa shape index (κ3) is 3.06. The molecule has 1 unspecified atom stereocenters. The molecular formula is C12H17N3OS. The lowest BCUT2D eigenvalue weighted by atomic mass is 10.2. The van der Waals surface area contributed by atoms with Crippen molar-refractivity contribution in [3.8, 4) is 0 Å². The summed E-state index contributed by atoms with van der Waals surface area (Å²) >= 11 is 1.41. The first-order valence-corrected chi connectivity index (χ1v) is 6.62. The van der Waals surface area contributed by atoms with Gasteiger partial charge in [0.05, 0.1) is 6.04 Å². The van der Waals surface area contributed by atoms with Crippen LogP contribution in [-0.4, -0.2) is 9.36 Å². The van der Waals surface area contributed by atoms with Gasteiger partial charge in [-0.3, -0.25) is 0 Å². The molecule has 0 saturated carbocycles. The first-order valence-electron chi connectivity index (χ1n) is 5.84. The average Bonchev–Trinajstić information content (AvgIpc) is 2.88. The van der Waals surface area contributed by atoms with Gasteiger partial charge in [0, 0.05) is 18.0 Å². The number of rotatable bonds is 5. The average molecular weight is 251 g/mol. The van der Waals surface area contributed by atoms with Crippen LogP contribution in [0.1, 0.15) is 43.7 Å². The minimum Gasteiger partial charge on any atom is -0.464 e. The molecule has 0 aromatic carbocycles. The number of hydrogen-bond donors (Lipinski definition) is 1. The van der Waals surface area contributed by atoms with Gasteiger partial charge in [-0.2, -0.15) is 4.37 Å². The molecule has 2 aromatic rings. The van der Waals surface area contributed by atoms with Crippen LogP contribution in [0.4, 0.5) is 5.13 Å². The molecule has 4 nitrogen and oxygen atoms in total. The maximum absolute atomic E-state index is 5.57. The lowest BCUT2D eigenvalue weighted by molar-refractivity contribution is 0.467. The Morgan fingerprint density at radius 1 is 1.47 bits per heavy atom. The number of aryl methyl sites for hydroxylation is 2. The summed E-state index contributed by atoms with van der Waals surface area (Å²) < 4.78 is 9.86. The molecule has 5 heteroatoms. The van der Waals surface area contributed by atoms with Crippen molar-refractivity contribution in [3.63, 3.8) is 0 Å². The first kappa shape index (κ1) is 12.1. The van der Waals surface area contributed by atoms with E-state index in [2.05, 4.69) is 28.5 Å². The van der Waals surface area contributed by atoms with Crippen molar-refractivity contribution in [1.29, 1.82) is 0 Å². The standard InChI is InChI=1S/C12H17N3OS/c1-4-5-11-14-12(17-15-11)13-9(3)10-7-6-8(2)16-10/h6-7,9H,4-5H2,1-3H3,(H,13,14,15). The number of nitrogens with one attached hydrogen (secondary N) is 1. The predicted octanol–water partition coefficient (Wildman–Crippen LogP) is 3.57. The van der Waals surface area contributed by atoms with Crippen molar-refractivity contribution in [2.45, 2.75) is 39.7 Å². The van der Waals surface area contributed by atoms with Crippen molar-refractivity contribution >= 4 is 16.7 Å². The molecule has 2 heterocycles. The van der Waals surface area contributed by atoms with Gasteiger partial charge >= 0.3 is 0 Å². The largest absolute Gasteiger partial charge is 0.464 e. The van der Waals surface area contributed by atoms with Crippen LogP contribution in [0.25, 0.3) is 0 Å². The second kappa shape index (κ2) is 5.31. The van der Waals surface area contributed by atoms with Gasteiger partial charge in [-0.05, 0) is 32.4 Å². The zero-order valence-electron chi connectivity index (χ0n) is 10.4. The van der Waals surface area contributed by atoms with Gasteiger partial charge in [0.15, 0.2) is 0 Å². The molecule has 2 aromatic heterocycles.